The molecule has 27 heavy (non-hydrogen) atoms. The summed E-state index contributed by atoms with van der Waals surface area (Å²) in [6.45, 7) is 1.35. The predicted octanol–water partition coefficient (Wildman–Crippen LogP) is 4.22. The van der Waals surface area contributed by atoms with Crippen molar-refractivity contribution in [1.29, 1.82) is 0 Å². The van der Waals surface area contributed by atoms with E-state index in [1.54, 1.807) is 23.4 Å². The van der Waals surface area contributed by atoms with Crippen LogP contribution in [0.3, 0.4) is 0 Å². The summed E-state index contributed by atoms with van der Waals surface area (Å²) in [7, 11) is 0. The molecule has 0 bridgehead atoms. The zero-order valence-electron chi connectivity index (χ0n) is 15.0. The van der Waals surface area contributed by atoms with E-state index in [-0.39, 0.29) is 17.7 Å². The Balaban J connectivity index is 1.71. The second-order valence-electron chi connectivity index (χ2n) is 6.68. The normalized spacial score (nSPS) is 16.4. The number of aromatic hydroxyl groups is 2. The van der Waals surface area contributed by atoms with Crippen molar-refractivity contribution < 1.29 is 14.9 Å². The molecule has 0 saturated heterocycles. The Bertz CT molecular complexity index is 914. The molecule has 3 heterocycles. The third kappa shape index (κ3) is 3.43. The number of benzene rings is 1. The maximum absolute atomic E-state index is 10.7. The first-order valence-corrected chi connectivity index (χ1v) is 9.21. The molecule has 1 unspecified atom stereocenters. The van der Waals surface area contributed by atoms with Crippen LogP contribution in [0.2, 0.25) is 0 Å². The van der Waals surface area contributed by atoms with Gasteiger partial charge in [-0.15, -0.1) is 0 Å². The van der Waals surface area contributed by atoms with Gasteiger partial charge in [-0.1, -0.05) is 30.3 Å². The summed E-state index contributed by atoms with van der Waals surface area (Å²) in [5.41, 5.74) is 2.34. The molecule has 0 radical (unpaired) electrons. The van der Waals surface area contributed by atoms with E-state index in [2.05, 4.69) is 4.98 Å². The molecule has 6 heteroatoms. The summed E-state index contributed by atoms with van der Waals surface area (Å²) in [6, 6.07) is 9.66. The lowest BCUT2D eigenvalue weighted by Crippen LogP contribution is -2.13. The molecule has 2 aromatic heterocycles. The van der Waals surface area contributed by atoms with Crippen LogP contribution in [0.15, 0.2) is 61.4 Å². The van der Waals surface area contributed by atoms with Crippen molar-refractivity contribution in [1.82, 2.24) is 14.1 Å². The van der Waals surface area contributed by atoms with Crippen molar-refractivity contribution in [2.75, 3.05) is 0 Å². The third-order valence-corrected chi connectivity index (χ3v) is 4.91. The molecule has 1 aliphatic heterocycles. The molecule has 1 aromatic carbocycles. The van der Waals surface area contributed by atoms with Crippen LogP contribution in [0.1, 0.15) is 31.1 Å². The van der Waals surface area contributed by atoms with Crippen LogP contribution in [-0.4, -0.2) is 24.3 Å². The Morgan fingerprint density at radius 1 is 1.15 bits per heavy atom. The van der Waals surface area contributed by atoms with Gasteiger partial charge in [-0.2, -0.15) is 0 Å². The van der Waals surface area contributed by atoms with Gasteiger partial charge in [0, 0.05) is 25.5 Å². The minimum absolute atomic E-state index is 0.0861. The van der Waals surface area contributed by atoms with Crippen molar-refractivity contribution in [2.45, 2.75) is 38.5 Å². The second kappa shape index (κ2) is 7.61. The van der Waals surface area contributed by atoms with Crippen molar-refractivity contribution >= 4 is 0 Å². The summed E-state index contributed by atoms with van der Waals surface area (Å²) >= 11 is 0. The standard InChI is InChI=1S/C21H23N3O3/c25-20-18(16-7-2-1-3-8-16)19(17-9-4-5-14-27-17)24(21(20)26)12-6-11-23-13-10-22-15-23/h1-3,5,7-8,10,13-15,17,25-26H,4,6,9,11-12H2. The average molecular weight is 365 g/mol. The van der Waals surface area contributed by atoms with E-state index in [9.17, 15) is 10.2 Å². The first-order valence-electron chi connectivity index (χ1n) is 9.21. The minimum Gasteiger partial charge on any atom is -0.503 e. The summed E-state index contributed by atoms with van der Waals surface area (Å²) in [4.78, 5) is 4.05. The van der Waals surface area contributed by atoms with Crippen molar-refractivity contribution in [2.24, 2.45) is 0 Å². The Morgan fingerprint density at radius 3 is 2.70 bits per heavy atom. The number of imidazole rings is 1. The molecule has 4 rings (SSSR count). The molecule has 0 spiro atoms. The van der Waals surface area contributed by atoms with Gasteiger partial charge in [0.2, 0.25) is 5.88 Å². The van der Waals surface area contributed by atoms with E-state index < -0.39 is 0 Å². The Morgan fingerprint density at radius 2 is 2.00 bits per heavy atom. The van der Waals surface area contributed by atoms with E-state index in [0.717, 1.165) is 37.1 Å². The quantitative estimate of drug-likeness (QED) is 0.686. The summed E-state index contributed by atoms with van der Waals surface area (Å²) < 4.78 is 9.64. The lowest BCUT2D eigenvalue weighted by Gasteiger charge is -2.23. The van der Waals surface area contributed by atoms with E-state index in [1.807, 2.05) is 47.2 Å². The van der Waals surface area contributed by atoms with Gasteiger partial charge in [0.15, 0.2) is 5.75 Å². The Labute approximate surface area is 158 Å². The van der Waals surface area contributed by atoms with Crippen molar-refractivity contribution in [3.05, 3.63) is 67.1 Å². The van der Waals surface area contributed by atoms with Crippen LogP contribution in [0.4, 0.5) is 0 Å². The van der Waals surface area contributed by atoms with Gasteiger partial charge in [-0.3, -0.25) is 0 Å². The third-order valence-electron chi connectivity index (χ3n) is 4.91. The van der Waals surface area contributed by atoms with E-state index in [4.69, 9.17) is 4.74 Å². The van der Waals surface area contributed by atoms with E-state index >= 15 is 0 Å². The Kier molecular flexibility index (Phi) is 4.87. The van der Waals surface area contributed by atoms with Crippen LogP contribution in [-0.2, 0) is 17.8 Å². The van der Waals surface area contributed by atoms with Gasteiger partial charge >= 0.3 is 0 Å². The van der Waals surface area contributed by atoms with Gasteiger partial charge in [0.25, 0.3) is 0 Å². The highest BCUT2D eigenvalue weighted by atomic mass is 16.5. The molecule has 1 atom stereocenters. The first-order chi connectivity index (χ1) is 13.3. The molecule has 0 amide bonds. The van der Waals surface area contributed by atoms with Crippen molar-refractivity contribution in [3.63, 3.8) is 0 Å². The summed E-state index contributed by atoms with van der Waals surface area (Å²) in [6.07, 6.45) is 11.4. The highest BCUT2D eigenvalue weighted by molar-refractivity contribution is 5.76. The largest absolute Gasteiger partial charge is 0.503 e. The summed E-state index contributed by atoms with van der Waals surface area (Å²) in [5, 5.41) is 21.4. The van der Waals surface area contributed by atoms with Crippen LogP contribution in [0.25, 0.3) is 11.1 Å². The molecule has 3 aromatic rings. The van der Waals surface area contributed by atoms with E-state index in [1.165, 1.54) is 0 Å². The van der Waals surface area contributed by atoms with Crippen molar-refractivity contribution in [3.8, 4) is 22.8 Å². The second-order valence-corrected chi connectivity index (χ2v) is 6.68. The maximum atomic E-state index is 10.7. The highest BCUT2D eigenvalue weighted by Gasteiger charge is 2.30. The monoisotopic (exact) mass is 365 g/mol. The van der Waals surface area contributed by atoms with Gasteiger partial charge in [0.05, 0.1) is 23.8 Å². The summed E-state index contributed by atoms with van der Waals surface area (Å²) in [5.74, 6) is -0.190. The fraction of sp³-hybridized carbons (Fsp3) is 0.286. The molecule has 2 N–H and O–H groups in total. The lowest BCUT2D eigenvalue weighted by molar-refractivity contribution is 0.117. The van der Waals surface area contributed by atoms with Gasteiger partial charge in [-0.05, 0) is 30.9 Å². The number of hydrogen-bond donors (Lipinski definition) is 2. The topological polar surface area (TPSA) is 72.4 Å². The fourth-order valence-electron chi connectivity index (χ4n) is 3.63. The molecular formula is C21H23N3O3. The van der Waals surface area contributed by atoms with Crippen LogP contribution < -0.4 is 0 Å². The van der Waals surface area contributed by atoms with Crippen LogP contribution >= 0.6 is 0 Å². The Hall–Kier alpha value is -3.15. The highest BCUT2D eigenvalue weighted by Crippen LogP contribution is 2.47. The van der Waals surface area contributed by atoms with E-state index in [0.29, 0.717) is 12.1 Å². The molecular weight excluding hydrogens is 342 g/mol. The molecule has 0 aliphatic carbocycles. The zero-order chi connectivity index (χ0) is 18.6. The molecule has 140 valence electrons. The zero-order valence-corrected chi connectivity index (χ0v) is 15.0. The molecule has 6 nitrogen and oxygen atoms in total. The first kappa shape index (κ1) is 17.3. The number of ether oxygens (including phenoxy) is 1. The van der Waals surface area contributed by atoms with Gasteiger partial charge in [-0.25, -0.2) is 4.98 Å². The van der Waals surface area contributed by atoms with Gasteiger partial charge in [0.1, 0.15) is 6.10 Å². The van der Waals surface area contributed by atoms with Crippen LogP contribution in [0, 0.1) is 0 Å². The SMILES string of the molecule is Oc1c(-c2ccccc2)c(C2CCC=CO2)n(CCCn2ccnc2)c1O. The maximum Gasteiger partial charge on any atom is 0.235 e. The minimum atomic E-state index is -0.203. The number of allylic oxidation sites excluding steroid dienone is 1. The molecule has 1 aliphatic rings. The number of nitrogens with zero attached hydrogens (tertiary/aromatic N) is 3. The number of aromatic nitrogens is 3. The van der Waals surface area contributed by atoms with Crippen LogP contribution in [0.5, 0.6) is 11.6 Å². The lowest BCUT2D eigenvalue weighted by atomic mass is 9.99. The predicted molar refractivity (Wildman–Crippen MR) is 102 cm³/mol. The van der Waals surface area contributed by atoms with Gasteiger partial charge < -0.3 is 24.1 Å². The smallest absolute Gasteiger partial charge is 0.235 e. The number of aryl methyl sites for hydroxylation is 1. The number of rotatable bonds is 6. The fourth-order valence-corrected chi connectivity index (χ4v) is 3.63. The number of hydrogen-bond acceptors (Lipinski definition) is 4. The average Bonchev–Trinajstić information content (AvgIpc) is 3.31. The molecule has 0 saturated carbocycles. The molecule has 0 fully saturated rings.